The number of hydrogen-bond donors (Lipinski definition) is 2. The van der Waals surface area contributed by atoms with E-state index in [2.05, 4.69) is 15.6 Å². The van der Waals surface area contributed by atoms with Crippen molar-refractivity contribution in [1.82, 2.24) is 20.3 Å². The summed E-state index contributed by atoms with van der Waals surface area (Å²) in [5.41, 5.74) is 6.12. The molecule has 0 radical (unpaired) electrons. The van der Waals surface area contributed by atoms with E-state index < -0.39 is 0 Å². The Bertz CT molecular complexity index is 375. The summed E-state index contributed by atoms with van der Waals surface area (Å²) in [6.07, 6.45) is 2.90. The van der Waals surface area contributed by atoms with E-state index in [1.807, 2.05) is 11.8 Å². The molecule has 0 aliphatic carbocycles. The second kappa shape index (κ2) is 6.02. The Morgan fingerprint density at radius 1 is 1.71 bits per heavy atom. The molecule has 6 nitrogen and oxygen atoms in total. The van der Waals surface area contributed by atoms with Crippen LogP contribution in [0.25, 0.3) is 0 Å². The lowest BCUT2D eigenvalue weighted by Crippen LogP contribution is -2.32. The third-order valence-electron chi connectivity index (χ3n) is 2.71. The van der Waals surface area contributed by atoms with Crippen LogP contribution in [0.1, 0.15) is 12.1 Å². The monoisotopic (exact) mass is 255 g/mol. The first-order valence-corrected chi connectivity index (χ1v) is 6.87. The minimum absolute atomic E-state index is 0.0182. The lowest BCUT2D eigenvalue weighted by atomic mass is 10.1. The van der Waals surface area contributed by atoms with Crippen LogP contribution in [0.15, 0.2) is 6.20 Å². The first kappa shape index (κ1) is 12.4. The highest BCUT2D eigenvalue weighted by Crippen LogP contribution is 2.22. The molecule has 0 bridgehead atoms. The molecule has 0 saturated carbocycles. The number of rotatable bonds is 5. The van der Waals surface area contributed by atoms with Gasteiger partial charge in [0.05, 0.1) is 11.9 Å². The fourth-order valence-electron chi connectivity index (χ4n) is 1.71. The summed E-state index contributed by atoms with van der Waals surface area (Å²) in [6.45, 7) is 1.33. The van der Waals surface area contributed by atoms with E-state index in [4.69, 9.17) is 5.73 Å². The maximum atomic E-state index is 11.6. The van der Waals surface area contributed by atoms with Crippen molar-refractivity contribution in [3.05, 3.63) is 11.9 Å². The van der Waals surface area contributed by atoms with Gasteiger partial charge in [0, 0.05) is 13.1 Å². The zero-order valence-corrected chi connectivity index (χ0v) is 10.4. The van der Waals surface area contributed by atoms with Crippen LogP contribution in [0, 0.1) is 5.92 Å². The smallest absolute Gasteiger partial charge is 0.241 e. The van der Waals surface area contributed by atoms with Crippen LogP contribution in [-0.2, 0) is 17.9 Å². The molecule has 0 spiro atoms. The van der Waals surface area contributed by atoms with E-state index in [0.717, 1.165) is 12.3 Å². The zero-order valence-electron chi connectivity index (χ0n) is 9.63. The van der Waals surface area contributed by atoms with E-state index in [1.165, 1.54) is 16.9 Å². The van der Waals surface area contributed by atoms with Gasteiger partial charge in [0.15, 0.2) is 0 Å². The maximum Gasteiger partial charge on any atom is 0.241 e. The number of hydrogen-bond acceptors (Lipinski definition) is 5. The molecular weight excluding hydrogens is 238 g/mol. The van der Waals surface area contributed by atoms with Gasteiger partial charge in [0.25, 0.3) is 0 Å². The Kier molecular flexibility index (Phi) is 4.38. The van der Waals surface area contributed by atoms with Gasteiger partial charge < -0.3 is 11.1 Å². The van der Waals surface area contributed by atoms with Gasteiger partial charge in [-0.3, -0.25) is 4.79 Å². The molecular formula is C10H17N5OS. The Hall–Kier alpha value is -1.08. The second-order valence-electron chi connectivity index (χ2n) is 4.15. The number of thioether (sulfide) groups is 1. The van der Waals surface area contributed by atoms with E-state index in [0.29, 0.717) is 18.2 Å². The highest BCUT2D eigenvalue weighted by molar-refractivity contribution is 7.99. The lowest BCUT2D eigenvalue weighted by molar-refractivity contribution is -0.122. The van der Waals surface area contributed by atoms with Crippen molar-refractivity contribution in [2.24, 2.45) is 11.7 Å². The third kappa shape index (κ3) is 3.71. The molecule has 1 saturated heterocycles. The fourth-order valence-corrected chi connectivity index (χ4v) is 3.00. The summed E-state index contributed by atoms with van der Waals surface area (Å²) in [6, 6.07) is 0. The molecule has 0 aromatic carbocycles. The van der Waals surface area contributed by atoms with Crippen molar-refractivity contribution in [3.63, 3.8) is 0 Å². The van der Waals surface area contributed by atoms with Crippen molar-refractivity contribution in [1.29, 1.82) is 0 Å². The average Bonchev–Trinajstić information content (AvgIpc) is 2.97. The normalized spacial score (nSPS) is 19.5. The standard InChI is InChI=1S/C10H17N5OS/c11-3-9-5-15(14-13-9)6-10(16)12-4-8-1-2-17-7-8/h5,8H,1-4,6-7,11H2,(H,12,16). The summed E-state index contributed by atoms with van der Waals surface area (Å²) >= 11 is 1.95. The largest absolute Gasteiger partial charge is 0.354 e. The molecule has 1 aromatic rings. The van der Waals surface area contributed by atoms with Gasteiger partial charge in [-0.15, -0.1) is 5.10 Å². The van der Waals surface area contributed by atoms with Crippen molar-refractivity contribution in [3.8, 4) is 0 Å². The highest BCUT2D eigenvalue weighted by atomic mass is 32.2. The van der Waals surface area contributed by atoms with Crippen LogP contribution in [0.4, 0.5) is 0 Å². The van der Waals surface area contributed by atoms with Crippen molar-refractivity contribution in [2.75, 3.05) is 18.1 Å². The molecule has 2 rings (SSSR count). The quantitative estimate of drug-likeness (QED) is 0.748. The minimum Gasteiger partial charge on any atom is -0.354 e. The van der Waals surface area contributed by atoms with Crippen molar-refractivity contribution >= 4 is 17.7 Å². The van der Waals surface area contributed by atoms with Gasteiger partial charge in [-0.2, -0.15) is 11.8 Å². The van der Waals surface area contributed by atoms with E-state index in [9.17, 15) is 4.79 Å². The van der Waals surface area contributed by atoms with Crippen molar-refractivity contribution < 1.29 is 4.79 Å². The zero-order chi connectivity index (χ0) is 12.1. The number of nitrogens with two attached hydrogens (primary N) is 1. The molecule has 1 aliphatic rings. The summed E-state index contributed by atoms with van der Waals surface area (Å²) in [5, 5.41) is 10.6. The molecule has 1 amide bonds. The number of carbonyl (C=O) groups excluding carboxylic acids is 1. The Balaban J connectivity index is 1.72. The van der Waals surface area contributed by atoms with Gasteiger partial charge in [-0.1, -0.05) is 5.21 Å². The number of amides is 1. The Morgan fingerprint density at radius 3 is 3.24 bits per heavy atom. The molecule has 7 heteroatoms. The van der Waals surface area contributed by atoms with Crippen LogP contribution < -0.4 is 11.1 Å². The summed E-state index contributed by atoms with van der Waals surface area (Å²) < 4.78 is 1.51. The first-order chi connectivity index (χ1) is 8.28. The van der Waals surface area contributed by atoms with Crippen LogP contribution in [0.5, 0.6) is 0 Å². The summed E-state index contributed by atoms with van der Waals surface area (Å²) in [5.74, 6) is 2.97. The van der Waals surface area contributed by atoms with Gasteiger partial charge in [0.2, 0.25) is 5.91 Å². The third-order valence-corrected chi connectivity index (χ3v) is 3.94. The number of nitrogens with zero attached hydrogens (tertiary/aromatic N) is 3. The Labute approximate surface area is 104 Å². The van der Waals surface area contributed by atoms with Gasteiger partial charge in [-0.05, 0) is 23.8 Å². The summed E-state index contributed by atoms with van der Waals surface area (Å²) in [4.78, 5) is 11.6. The van der Waals surface area contributed by atoms with E-state index in [1.54, 1.807) is 6.20 Å². The SMILES string of the molecule is NCc1cn(CC(=O)NCC2CCSC2)nn1. The molecule has 2 heterocycles. The predicted molar refractivity (Wildman–Crippen MR) is 66.4 cm³/mol. The number of nitrogens with one attached hydrogen (secondary N) is 1. The molecule has 17 heavy (non-hydrogen) atoms. The minimum atomic E-state index is -0.0182. The molecule has 94 valence electrons. The second-order valence-corrected chi connectivity index (χ2v) is 5.30. The molecule has 1 fully saturated rings. The first-order valence-electron chi connectivity index (χ1n) is 5.71. The predicted octanol–water partition coefficient (Wildman–Crippen LogP) is -0.394. The van der Waals surface area contributed by atoms with Gasteiger partial charge in [0.1, 0.15) is 6.54 Å². The van der Waals surface area contributed by atoms with Crippen LogP contribution in [0.3, 0.4) is 0 Å². The van der Waals surface area contributed by atoms with Crippen LogP contribution in [0.2, 0.25) is 0 Å². The number of aromatic nitrogens is 3. The molecule has 1 atom stereocenters. The number of carbonyl (C=O) groups is 1. The van der Waals surface area contributed by atoms with E-state index in [-0.39, 0.29) is 12.5 Å². The fraction of sp³-hybridized carbons (Fsp3) is 0.700. The maximum absolute atomic E-state index is 11.6. The van der Waals surface area contributed by atoms with Gasteiger partial charge >= 0.3 is 0 Å². The highest BCUT2D eigenvalue weighted by Gasteiger charge is 2.16. The van der Waals surface area contributed by atoms with Crippen LogP contribution >= 0.6 is 11.8 Å². The lowest BCUT2D eigenvalue weighted by Gasteiger charge is -2.09. The van der Waals surface area contributed by atoms with E-state index >= 15 is 0 Å². The van der Waals surface area contributed by atoms with Crippen LogP contribution in [-0.4, -0.2) is 39.0 Å². The van der Waals surface area contributed by atoms with Crippen molar-refractivity contribution in [2.45, 2.75) is 19.5 Å². The molecule has 3 N–H and O–H groups in total. The molecule has 1 unspecified atom stereocenters. The summed E-state index contributed by atoms with van der Waals surface area (Å²) in [7, 11) is 0. The Morgan fingerprint density at radius 2 is 2.59 bits per heavy atom. The van der Waals surface area contributed by atoms with Gasteiger partial charge in [-0.25, -0.2) is 4.68 Å². The average molecular weight is 255 g/mol. The molecule has 1 aromatic heterocycles. The topological polar surface area (TPSA) is 85.8 Å². The molecule has 1 aliphatic heterocycles.